The molecule has 4 rings (SSSR count). The predicted octanol–water partition coefficient (Wildman–Crippen LogP) is 3.71. The SMILES string of the molecule is C=CCOC(=O)[C@H]1[C@H]2C(=O)N([C@@H](CO)CC(C)C)C(C(=O)N(CC=C)c3c(C)cccc3C)C23CC(Br)[C@@H]1O3. The van der Waals surface area contributed by atoms with Gasteiger partial charge in [0.15, 0.2) is 0 Å². The van der Waals surface area contributed by atoms with Crippen LogP contribution in [0, 0.1) is 31.6 Å². The summed E-state index contributed by atoms with van der Waals surface area (Å²) >= 11 is 3.68. The maximum Gasteiger partial charge on any atom is 0.312 e. The molecule has 2 bridgehead atoms. The van der Waals surface area contributed by atoms with Crippen molar-refractivity contribution in [2.24, 2.45) is 17.8 Å². The fourth-order valence-corrected chi connectivity index (χ4v) is 7.81. The van der Waals surface area contributed by atoms with Gasteiger partial charge in [0.05, 0.1) is 30.6 Å². The van der Waals surface area contributed by atoms with E-state index in [4.69, 9.17) is 9.47 Å². The quantitative estimate of drug-likeness (QED) is 0.236. The summed E-state index contributed by atoms with van der Waals surface area (Å²) in [6.07, 6.45) is 3.39. The fourth-order valence-electron chi connectivity index (χ4n) is 6.87. The smallest absolute Gasteiger partial charge is 0.312 e. The molecule has 1 aromatic carbocycles. The average Bonchev–Trinajstić information content (AvgIpc) is 3.48. The van der Waals surface area contributed by atoms with Crippen LogP contribution in [0.5, 0.6) is 0 Å². The molecule has 3 aliphatic heterocycles. The zero-order valence-corrected chi connectivity index (χ0v) is 24.7. The Morgan fingerprint density at radius 1 is 1.28 bits per heavy atom. The number of aryl methyl sites for hydroxylation is 2. The molecule has 0 aromatic heterocycles. The number of hydrogen-bond donors (Lipinski definition) is 1. The number of amides is 2. The number of esters is 1. The zero-order chi connectivity index (χ0) is 28.6. The highest BCUT2D eigenvalue weighted by atomic mass is 79.9. The van der Waals surface area contributed by atoms with Crippen LogP contribution < -0.4 is 4.90 Å². The van der Waals surface area contributed by atoms with Gasteiger partial charge in [-0.1, -0.05) is 66.7 Å². The van der Waals surface area contributed by atoms with Gasteiger partial charge in [-0.25, -0.2) is 0 Å². The van der Waals surface area contributed by atoms with E-state index in [1.54, 1.807) is 11.0 Å². The van der Waals surface area contributed by atoms with Crippen LogP contribution in [0.15, 0.2) is 43.5 Å². The third-order valence-electron chi connectivity index (χ3n) is 8.21. The minimum Gasteiger partial charge on any atom is -0.461 e. The van der Waals surface area contributed by atoms with Crippen molar-refractivity contribution in [3.63, 3.8) is 0 Å². The van der Waals surface area contributed by atoms with Crippen LogP contribution in [-0.2, 0) is 23.9 Å². The van der Waals surface area contributed by atoms with Gasteiger partial charge in [-0.2, -0.15) is 0 Å². The molecule has 3 aliphatic rings. The highest BCUT2D eigenvalue weighted by Crippen LogP contribution is 2.61. The first-order valence-corrected chi connectivity index (χ1v) is 14.5. The number of aliphatic hydroxyl groups excluding tert-OH is 1. The van der Waals surface area contributed by atoms with Crippen LogP contribution in [-0.4, -0.2) is 76.2 Å². The van der Waals surface area contributed by atoms with Gasteiger partial charge >= 0.3 is 5.97 Å². The largest absolute Gasteiger partial charge is 0.461 e. The first kappa shape index (κ1) is 29.5. The summed E-state index contributed by atoms with van der Waals surface area (Å²) < 4.78 is 12.0. The molecule has 9 heteroatoms. The lowest BCUT2D eigenvalue weighted by Crippen LogP contribution is -2.59. The van der Waals surface area contributed by atoms with Crippen LogP contribution in [0.3, 0.4) is 0 Å². The number of aliphatic hydroxyl groups is 1. The highest BCUT2D eigenvalue weighted by Gasteiger charge is 2.77. The standard InChI is InChI=1S/C30H39BrN2O6/c1-7-12-32(24-18(5)10-9-11-19(24)6)28(36)26-30-15-21(31)25(39-30)22(29(37)38-13-8-2)23(30)27(35)33(26)20(16-34)14-17(3)4/h7-11,17,20-23,25-26,34H,1-2,12-16H2,3-6H3/t20-,21?,22+,23+,25+,26?,30?/m1/s1. The van der Waals surface area contributed by atoms with E-state index >= 15 is 0 Å². The van der Waals surface area contributed by atoms with Crippen molar-refractivity contribution in [2.45, 2.75) is 69.2 Å². The number of para-hydroxylation sites is 1. The summed E-state index contributed by atoms with van der Waals surface area (Å²) in [7, 11) is 0. The molecule has 7 atom stereocenters. The van der Waals surface area contributed by atoms with Crippen molar-refractivity contribution in [1.82, 2.24) is 4.90 Å². The number of alkyl halides is 1. The summed E-state index contributed by atoms with van der Waals surface area (Å²) in [6.45, 7) is 15.3. The third-order valence-corrected chi connectivity index (χ3v) is 9.06. The number of carbonyl (C=O) groups is 3. The molecule has 2 amide bonds. The van der Waals surface area contributed by atoms with Crippen molar-refractivity contribution >= 4 is 39.4 Å². The van der Waals surface area contributed by atoms with Crippen molar-refractivity contribution in [3.8, 4) is 0 Å². The Morgan fingerprint density at radius 2 is 1.95 bits per heavy atom. The monoisotopic (exact) mass is 602 g/mol. The van der Waals surface area contributed by atoms with E-state index in [-0.39, 0.29) is 42.3 Å². The fraction of sp³-hybridized carbons (Fsp3) is 0.567. The molecule has 3 saturated heterocycles. The summed E-state index contributed by atoms with van der Waals surface area (Å²) in [6, 6.07) is 4.17. The van der Waals surface area contributed by atoms with Gasteiger partial charge < -0.3 is 24.4 Å². The van der Waals surface area contributed by atoms with Crippen LogP contribution in [0.1, 0.15) is 37.8 Å². The molecular formula is C30H39BrN2O6. The Balaban J connectivity index is 1.87. The Hall–Kier alpha value is -2.49. The van der Waals surface area contributed by atoms with Crippen molar-refractivity contribution in [2.75, 3.05) is 24.7 Å². The lowest BCUT2D eigenvalue weighted by molar-refractivity contribution is -0.154. The summed E-state index contributed by atoms with van der Waals surface area (Å²) in [4.78, 5) is 45.3. The third kappa shape index (κ3) is 4.87. The van der Waals surface area contributed by atoms with E-state index in [0.29, 0.717) is 12.8 Å². The lowest BCUT2D eigenvalue weighted by Gasteiger charge is -2.40. The number of hydrogen-bond acceptors (Lipinski definition) is 6. The topological polar surface area (TPSA) is 96.4 Å². The normalized spacial score (nSPS) is 29.9. The molecule has 1 N–H and O–H groups in total. The van der Waals surface area contributed by atoms with E-state index in [1.807, 2.05) is 45.9 Å². The minimum absolute atomic E-state index is 0.0152. The number of nitrogens with zero attached hydrogens (tertiary/aromatic N) is 2. The summed E-state index contributed by atoms with van der Waals surface area (Å²) in [5.41, 5.74) is 1.34. The Bertz CT molecular complexity index is 1130. The van der Waals surface area contributed by atoms with Crippen molar-refractivity contribution in [3.05, 3.63) is 54.6 Å². The molecule has 0 radical (unpaired) electrons. The van der Waals surface area contributed by atoms with Crippen LogP contribution in [0.2, 0.25) is 0 Å². The first-order chi connectivity index (χ1) is 18.5. The van der Waals surface area contributed by atoms with Gasteiger partial charge in [-0.15, -0.1) is 6.58 Å². The maximum atomic E-state index is 14.8. The van der Waals surface area contributed by atoms with Crippen LogP contribution >= 0.6 is 15.9 Å². The van der Waals surface area contributed by atoms with Crippen molar-refractivity contribution in [1.29, 1.82) is 0 Å². The van der Waals surface area contributed by atoms with E-state index in [9.17, 15) is 19.5 Å². The Kier molecular flexibility index (Phi) is 8.73. The summed E-state index contributed by atoms with van der Waals surface area (Å²) in [5.74, 6) is -2.82. The lowest BCUT2D eigenvalue weighted by atomic mass is 9.70. The molecule has 39 heavy (non-hydrogen) atoms. The molecule has 0 aliphatic carbocycles. The number of anilines is 1. The average molecular weight is 604 g/mol. The second-order valence-corrected chi connectivity index (χ2v) is 12.4. The van der Waals surface area contributed by atoms with E-state index < -0.39 is 41.6 Å². The second kappa shape index (κ2) is 11.6. The number of benzene rings is 1. The highest BCUT2D eigenvalue weighted by molar-refractivity contribution is 9.09. The van der Waals surface area contributed by atoms with Gasteiger partial charge in [0.25, 0.3) is 5.91 Å². The molecule has 1 spiro atoms. The van der Waals surface area contributed by atoms with Crippen LogP contribution in [0.4, 0.5) is 5.69 Å². The van der Waals surface area contributed by atoms with Gasteiger partial charge in [-0.05, 0) is 43.7 Å². The van der Waals surface area contributed by atoms with Crippen molar-refractivity contribution < 1.29 is 29.0 Å². The van der Waals surface area contributed by atoms with E-state index in [1.165, 1.54) is 11.0 Å². The van der Waals surface area contributed by atoms with Gasteiger partial charge in [0.2, 0.25) is 5.91 Å². The Labute approximate surface area is 239 Å². The molecular weight excluding hydrogens is 564 g/mol. The van der Waals surface area contributed by atoms with E-state index in [2.05, 4.69) is 29.1 Å². The minimum atomic E-state index is -1.24. The molecule has 212 valence electrons. The molecule has 3 unspecified atom stereocenters. The number of likely N-dealkylation sites (tertiary alicyclic amines) is 1. The number of rotatable bonds is 11. The molecule has 1 aromatic rings. The predicted molar refractivity (Wildman–Crippen MR) is 153 cm³/mol. The molecule has 0 saturated carbocycles. The van der Waals surface area contributed by atoms with Gasteiger partial charge in [-0.3, -0.25) is 14.4 Å². The number of ether oxygens (including phenoxy) is 2. The molecule has 3 fully saturated rings. The van der Waals surface area contributed by atoms with Gasteiger partial charge in [0, 0.05) is 17.1 Å². The van der Waals surface area contributed by atoms with Crippen LogP contribution in [0.25, 0.3) is 0 Å². The molecule has 3 heterocycles. The number of halogens is 1. The number of fused-ring (bicyclic) bond motifs is 1. The first-order valence-electron chi connectivity index (χ1n) is 13.5. The van der Waals surface area contributed by atoms with E-state index in [0.717, 1.165) is 16.8 Å². The Morgan fingerprint density at radius 3 is 2.51 bits per heavy atom. The second-order valence-electron chi connectivity index (χ2n) is 11.3. The maximum absolute atomic E-state index is 14.8. The molecule has 8 nitrogen and oxygen atoms in total. The number of carbonyl (C=O) groups excluding carboxylic acids is 3. The zero-order valence-electron chi connectivity index (χ0n) is 23.1. The summed E-state index contributed by atoms with van der Waals surface area (Å²) in [5, 5.41) is 10.5. The van der Waals surface area contributed by atoms with Gasteiger partial charge in [0.1, 0.15) is 18.2 Å².